The predicted molar refractivity (Wildman–Crippen MR) is 137 cm³/mol. The minimum atomic E-state index is -4.67. The molecule has 3 aromatic rings. The normalized spacial score (nSPS) is 11.3. The highest BCUT2D eigenvalue weighted by Crippen LogP contribution is 2.36. The maximum absolute atomic E-state index is 13.0. The Morgan fingerprint density at radius 1 is 0.846 bits per heavy atom. The Morgan fingerprint density at radius 3 is 2.13 bits per heavy atom. The SMILES string of the molecule is CC(C)(C)OC(=O)NNC(=O)c1cc(Oc2ccc(NC(=O)Nc3ccc(Cl)c(C(F)(F)F)c3)cc2)ccn1. The minimum Gasteiger partial charge on any atom is -0.457 e. The molecule has 1 heterocycles. The van der Waals surface area contributed by atoms with Crippen molar-refractivity contribution in [3.8, 4) is 11.5 Å². The van der Waals surface area contributed by atoms with Crippen LogP contribution in [0.25, 0.3) is 0 Å². The van der Waals surface area contributed by atoms with E-state index in [1.54, 1.807) is 20.8 Å². The number of carbonyl (C=O) groups is 3. The van der Waals surface area contributed by atoms with E-state index in [1.165, 1.54) is 48.7 Å². The molecule has 4 N–H and O–H groups in total. The van der Waals surface area contributed by atoms with Gasteiger partial charge in [0.1, 0.15) is 22.8 Å². The van der Waals surface area contributed by atoms with Crippen LogP contribution < -0.4 is 26.2 Å². The first-order valence-electron chi connectivity index (χ1n) is 11.2. The summed E-state index contributed by atoms with van der Waals surface area (Å²) in [7, 11) is 0. The number of anilines is 2. The van der Waals surface area contributed by atoms with Crippen LogP contribution in [0.2, 0.25) is 5.02 Å². The standard InChI is InChI=1S/C25H23ClF3N5O5/c1-24(2,3)39-23(37)34-33-21(35)20-13-17(10-11-30-20)38-16-7-4-14(5-8-16)31-22(36)32-15-6-9-19(26)18(12-15)25(27,28)29/h4-13H,1-3H3,(H,33,35)(H,34,37)(H2,31,32,36). The molecule has 0 unspecified atom stereocenters. The number of amides is 4. The van der Waals surface area contributed by atoms with Crippen molar-refractivity contribution in [3.63, 3.8) is 0 Å². The van der Waals surface area contributed by atoms with Crippen LogP contribution >= 0.6 is 11.6 Å². The number of halogens is 4. The highest BCUT2D eigenvalue weighted by atomic mass is 35.5. The second-order valence-electron chi connectivity index (χ2n) is 8.86. The fourth-order valence-corrected chi connectivity index (χ4v) is 3.16. The van der Waals surface area contributed by atoms with E-state index in [9.17, 15) is 27.6 Å². The van der Waals surface area contributed by atoms with E-state index in [0.717, 1.165) is 12.1 Å². The van der Waals surface area contributed by atoms with Gasteiger partial charge < -0.3 is 20.1 Å². The molecular formula is C25H23ClF3N5O5. The maximum Gasteiger partial charge on any atom is 0.426 e. The number of nitrogens with zero attached hydrogens (tertiary/aromatic N) is 1. The lowest BCUT2D eigenvalue weighted by Gasteiger charge is -2.19. The average molecular weight is 566 g/mol. The number of nitrogens with one attached hydrogen (secondary N) is 4. The molecule has 4 amide bonds. The summed E-state index contributed by atoms with van der Waals surface area (Å²) in [5.41, 5.74) is 2.67. The molecule has 0 fully saturated rings. The summed E-state index contributed by atoms with van der Waals surface area (Å²) >= 11 is 5.59. The van der Waals surface area contributed by atoms with Crippen LogP contribution in [-0.4, -0.2) is 28.6 Å². The van der Waals surface area contributed by atoms with E-state index in [2.05, 4.69) is 26.5 Å². The zero-order valence-electron chi connectivity index (χ0n) is 20.8. The van der Waals surface area contributed by atoms with E-state index >= 15 is 0 Å². The summed E-state index contributed by atoms with van der Waals surface area (Å²) < 4.78 is 49.8. The van der Waals surface area contributed by atoms with Crippen LogP contribution in [0.3, 0.4) is 0 Å². The van der Waals surface area contributed by atoms with Crippen molar-refractivity contribution in [2.24, 2.45) is 0 Å². The van der Waals surface area contributed by atoms with E-state index in [-0.39, 0.29) is 17.1 Å². The van der Waals surface area contributed by atoms with Crippen molar-refractivity contribution in [1.29, 1.82) is 0 Å². The third kappa shape index (κ3) is 9.07. The topological polar surface area (TPSA) is 131 Å². The van der Waals surface area contributed by atoms with Gasteiger partial charge in [-0.25, -0.2) is 15.0 Å². The van der Waals surface area contributed by atoms with Gasteiger partial charge in [0.05, 0.1) is 10.6 Å². The molecule has 0 aliphatic carbocycles. The molecule has 39 heavy (non-hydrogen) atoms. The average Bonchev–Trinajstić information content (AvgIpc) is 2.83. The van der Waals surface area contributed by atoms with E-state index < -0.39 is 40.4 Å². The molecule has 14 heteroatoms. The van der Waals surface area contributed by atoms with Crippen molar-refractivity contribution in [2.45, 2.75) is 32.5 Å². The van der Waals surface area contributed by atoms with E-state index in [4.69, 9.17) is 21.1 Å². The molecule has 0 spiro atoms. The van der Waals surface area contributed by atoms with Gasteiger partial charge in [0, 0.05) is 23.6 Å². The molecular weight excluding hydrogens is 543 g/mol. The van der Waals surface area contributed by atoms with Gasteiger partial charge in [0.15, 0.2) is 0 Å². The van der Waals surface area contributed by atoms with Crippen LogP contribution in [-0.2, 0) is 10.9 Å². The molecule has 0 atom stereocenters. The number of carbonyl (C=O) groups excluding carboxylic acids is 3. The highest BCUT2D eigenvalue weighted by molar-refractivity contribution is 6.31. The van der Waals surface area contributed by atoms with Crippen LogP contribution in [0.4, 0.5) is 34.1 Å². The summed E-state index contributed by atoms with van der Waals surface area (Å²) in [6.07, 6.45) is -4.18. The van der Waals surface area contributed by atoms with Gasteiger partial charge in [0.25, 0.3) is 5.91 Å². The third-order valence-electron chi connectivity index (χ3n) is 4.52. The van der Waals surface area contributed by atoms with Gasteiger partial charge in [-0.15, -0.1) is 0 Å². The number of pyridine rings is 1. The zero-order valence-corrected chi connectivity index (χ0v) is 21.5. The second kappa shape index (κ2) is 11.9. The van der Waals surface area contributed by atoms with Crippen LogP contribution in [0.5, 0.6) is 11.5 Å². The van der Waals surface area contributed by atoms with E-state index in [0.29, 0.717) is 11.4 Å². The minimum absolute atomic E-state index is 0.0469. The first kappa shape index (κ1) is 29.0. The summed E-state index contributed by atoms with van der Waals surface area (Å²) in [4.78, 5) is 40.1. The fourth-order valence-electron chi connectivity index (χ4n) is 2.93. The van der Waals surface area contributed by atoms with Gasteiger partial charge in [-0.05, 0) is 69.3 Å². The predicted octanol–water partition coefficient (Wildman–Crippen LogP) is 6.36. The van der Waals surface area contributed by atoms with Gasteiger partial charge in [-0.1, -0.05) is 11.6 Å². The fraction of sp³-hybridized carbons (Fsp3) is 0.200. The van der Waals surface area contributed by atoms with Crippen LogP contribution in [0, 0.1) is 0 Å². The number of benzene rings is 2. The smallest absolute Gasteiger partial charge is 0.426 e. The lowest BCUT2D eigenvalue weighted by molar-refractivity contribution is -0.137. The summed E-state index contributed by atoms with van der Waals surface area (Å²) in [5, 5.41) is 4.32. The summed E-state index contributed by atoms with van der Waals surface area (Å²) in [6.45, 7) is 5.02. The van der Waals surface area contributed by atoms with Crippen LogP contribution in [0.15, 0.2) is 60.8 Å². The number of hydrogen-bond acceptors (Lipinski definition) is 6. The molecule has 1 aromatic heterocycles. The number of hydrazine groups is 1. The molecule has 0 radical (unpaired) electrons. The second-order valence-corrected chi connectivity index (χ2v) is 9.26. The van der Waals surface area contributed by atoms with Gasteiger partial charge in [0.2, 0.25) is 0 Å². The molecule has 0 aliphatic rings. The van der Waals surface area contributed by atoms with Crippen molar-refractivity contribution >= 4 is 41.0 Å². The first-order chi connectivity index (χ1) is 18.2. The van der Waals surface area contributed by atoms with Crippen molar-refractivity contribution < 1.29 is 37.0 Å². The Kier molecular flexibility index (Phi) is 8.86. The van der Waals surface area contributed by atoms with Crippen molar-refractivity contribution in [1.82, 2.24) is 15.8 Å². The van der Waals surface area contributed by atoms with Crippen LogP contribution in [0.1, 0.15) is 36.8 Å². The number of ether oxygens (including phenoxy) is 2. The number of urea groups is 1. The molecule has 0 aliphatic heterocycles. The number of hydrogen-bond donors (Lipinski definition) is 4. The number of aromatic nitrogens is 1. The Bertz CT molecular complexity index is 1360. The van der Waals surface area contributed by atoms with Gasteiger partial charge in [-0.2, -0.15) is 13.2 Å². The van der Waals surface area contributed by atoms with Crippen molar-refractivity contribution in [2.75, 3.05) is 10.6 Å². The molecule has 206 valence electrons. The quantitative estimate of drug-likeness (QED) is 0.266. The monoisotopic (exact) mass is 565 g/mol. The molecule has 0 saturated heterocycles. The maximum atomic E-state index is 13.0. The Balaban J connectivity index is 1.56. The number of rotatable bonds is 5. The summed E-state index contributed by atoms with van der Waals surface area (Å²) in [5.74, 6) is -0.105. The Hall–Kier alpha value is -4.52. The van der Waals surface area contributed by atoms with Gasteiger partial charge in [-0.3, -0.25) is 15.2 Å². The van der Waals surface area contributed by atoms with Gasteiger partial charge >= 0.3 is 18.3 Å². The molecule has 0 saturated carbocycles. The third-order valence-corrected chi connectivity index (χ3v) is 4.85. The lowest BCUT2D eigenvalue weighted by atomic mass is 10.2. The Labute approximate surface area is 225 Å². The largest absolute Gasteiger partial charge is 0.457 e. The lowest BCUT2D eigenvalue weighted by Crippen LogP contribution is -2.44. The number of alkyl halides is 3. The van der Waals surface area contributed by atoms with Crippen molar-refractivity contribution in [3.05, 3.63) is 77.1 Å². The molecule has 0 bridgehead atoms. The Morgan fingerprint density at radius 2 is 1.49 bits per heavy atom. The molecule has 10 nitrogen and oxygen atoms in total. The van der Waals surface area contributed by atoms with E-state index in [1.807, 2.05) is 0 Å². The first-order valence-corrected chi connectivity index (χ1v) is 11.6. The molecule has 3 rings (SSSR count). The zero-order chi connectivity index (χ0) is 28.8. The molecule has 2 aromatic carbocycles. The highest BCUT2D eigenvalue weighted by Gasteiger charge is 2.33. The summed E-state index contributed by atoms with van der Waals surface area (Å²) in [6, 6.07) is 11.1.